The molecule has 18 heavy (non-hydrogen) atoms. The molecule has 0 radical (unpaired) electrons. The molecular formula is C17H18Se. The number of benzene rings is 1. The van der Waals surface area contributed by atoms with E-state index in [4.69, 9.17) is 0 Å². The van der Waals surface area contributed by atoms with Crippen LogP contribution in [0, 0.1) is 5.92 Å². The maximum absolute atomic E-state index is 2.49. The molecule has 1 heteroatoms. The van der Waals surface area contributed by atoms with Crippen LogP contribution < -0.4 is 4.46 Å². The van der Waals surface area contributed by atoms with Gasteiger partial charge in [-0.1, -0.05) is 0 Å². The van der Waals surface area contributed by atoms with Gasteiger partial charge in [-0.05, 0) is 0 Å². The van der Waals surface area contributed by atoms with Crippen LogP contribution in [-0.4, -0.2) is 15.0 Å². The molecule has 1 aromatic rings. The molecule has 1 aliphatic carbocycles. The number of hydrogen-bond acceptors (Lipinski definition) is 0. The number of rotatable bonds is 1. The molecule has 0 fully saturated rings. The van der Waals surface area contributed by atoms with E-state index in [0.29, 0.717) is 25.7 Å². The van der Waals surface area contributed by atoms with Gasteiger partial charge in [-0.2, -0.15) is 0 Å². The van der Waals surface area contributed by atoms with E-state index in [0.717, 1.165) is 6.42 Å². The van der Waals surface area contributed by atoms with Crippen LogP contribution in [0.2, 0.25) is 4.82 Å². The van der Waals surface area contributed by atoms with Crippen molar-refractivity contribution < 1.29 is 0 Å². The zero-order chi connectivity index (χ0) is 12.5. The summed E-state index contributed by atoms with van der Waals surface area (Å²) in [6.45, 7) is 4.64. The second kappa shape index (κ2) is 4.91. The molecule has 0 N–H and O–H groups in total. The van der Waals surface area contributed by atoms with Gasteiger partial charge < -0.3 is 0 Å². The Morgan fingerprint density at radius 1 is 1.22 bits per heavy atom. The Balaban J connectivity index is 2.10. The number of hydrogen-bond donors (Lipinski definition) is 0. The van der Waals surface area contributed by atoms with Gasteiger partial charge in [-0.25, -0.2) is 0 Å². The Labute approximate surface area is 116 Å². The summed E-state index contributed by atoms with van der Waals surface area (Å²) in [4.78, 5) is 0.660. The zero-order valence-electron chi connectivity index (χ0n) is 10.9. The third kappa shape index (κ3) is 2.13. The minimum absolute atomic E-state index is 0.543. The van der Waals surface area contributed by atoms with Crippen LogP contribution in [0.5, 0.6) is 0 Å². The van der Waals surface area contributed by atoms with Crippen molar-refractivity contribution in [3.63, 3.8) is 0 Å². The summed E-state index contributed by atoms with van der Waals surface area (Å²) in [6, 6.07) is 8.91. The van der Waals surface area contributed by atoms with Crippen LogP contribution in [0.3, 0.4) is 0 Å². The number of allylic oxidation sites excluding steroid dienone is 6. The van der Waals surface area contributed by atoms with Crippen molar-refractivity contribution >= 4 is 25.0 Å². The summed E-state index contributed by atoms with van der Waals surface area (Å²) in [6.07, 6.45) is 10.6. The quantitative estimate of drug-likeness (QED) is 0.547. The van der Waals surface area contributed by atoms with E-state index in [1.807, 2.05) is 0 Å². The van der Waals surface area contributed by atoms with Gasteiger partial charge >= 0.3 is 116 Å². The average Bonchev–Trinajstić information content (AvgIpc) is 2.35. The number of fused-ring (bicyclic) bond motifs is 3. The third-order valence-corrected chi connectivity index (χ3v) is 6.23. The predicted molar refractivity (Wildman–Crippen MR) is 80.2 cm³/mol. The molecule has 1 heterocycles. The van der Waals surface area contributed by atoms with Crippen LogP contribution in [0.25, 0.3) is 5.57 Å². The SMILES string of the molecule is CC(C)/C1=C/C/C=C\C2=CC1[Se]c1ccccc12. The normalized spacial score (nSPS) is 26.5. The summed E-state index contributed by atoms with van der Waals surface area (Å²) in [5.41, 5.74) is 4.51. The van der Waals surface area contributed by atoms with Crippen molar-refractivity contribution in [2.45, 2.75) is 25.1 Å². The summed E-state index contributed by atoms with van der Waals surface area (Å²) in [5.74, 6) is 0.658. The molecule has 3 rings (SSSR count). The molecule has 0 nitrogen and oxygen atoms in total. The van der Waals surface area contributed by atoms with E-state index < -0.39 is 0 Å². The molecular weight excluding hydrogens is 283 g/mol. The first-order chi connectivity index (χ1) is 8.75. The molecule has 0 saturated heterocycles. The molecule has 1 unspecified atom stereocenters. The third-order valence-electron chi connectivity index (χ3n) is 3.57. The van der Waals surface area contributed by atoms with E-state index in [1.165, 1.54) is 11.1 Å². The van der Waals surface area contributed by atoms with Crippen LogP contribution in [0.1, 0.15) is 25.8 Å². The summed E-state index contributed by atoms with van der Waals surface area (Å²) in [5, 5.41) is 0. The first-order valence-corrected chi connectivity index (χ1v) is 8.44. The van der Waals surface area contributed by atoms with Gasteiger partial charge in [0.1, 0.15) is 0 Å². The van der Waals surface area contributed by atoms with Gasteiger partial charge in [0.25, 0.3) is 0 Å². The average molecular weight is 301 g/mol. The monoisotopic (exact) mass is 302 g/mol. The van der Waals surface area contributed by atoms with Crippen molar-refractivity contribution in [3.05, 3.63) is 59.7 Å². The van der Waals surface area contributed by atoms with Crippen LogP contribution in [0.15, 0.2) is 54.1 Å². The fourth-order valence-electron chi connectivity index (χ4n) is 2.62. The molecule has 0 amide bonds. The molecule has 2 aliphatic rings. The van der Waals surface area contributed by atoms with Crippen molar-refractivity contribution in [2.24, 2.45) is 5.92 Å². The Morgan fingerprint density at radius 2 is 2.06 bits per heavy atom. The zero-order valence-corrected chi connectivity index (χ0v) is 12.6. The maximum atomic E-state index is 2.49. The van der Waals surface area contributed by atoms with E-state index >= 15 is 0 Å². The van der Waals surface area contributed by atoms with E-state index in [2.05, 4.69) is 62.4 Å². The Morgan fingerprint density at radius 3 is 2.89 bits per heavy atom. The van der Waals surface area contributed by atoms with Crippen molar-refractivity contribution in [1.82, 2.24) is 0 Å². The van der Waals surface area contributed by atoms with Crippen molar-refractivity contribution in [3.8, 4) is 0 Å². The minimum atomic E-state index is 0.543. The molecule has 1 aromatic carbocycles. The van der Waals surface area contributed by atoms with Crippen LogP contribution in [-0.2, 0) is 0 Å². The fraction of sp³-hybridized carbons (Fsp3) is 0.294. The summed E-state index contributed by atoms with van der Waals surface area (Å²) < 4.78 is 1.56. The van der Waals surface area contributed by atoms with Crippen LogP contribution in [0.4, 0.5) is 0 Å². The van der Waals surface area contributed by atoms with Gasteiger partial charge in [0.15, 0.2) is 0 Å². The molecule has 92 valence electrons. The molecule has 0 aromatic heterocycles. The Kier molecular flexibility index (Phi) is 3.28. The van der Waals surface area contributed by atoms with Gasteiger partial charge in [0, 0.05) is 0 Å². The second-order valence-electron chi connectivity index (χ2n) is 5.15. The Bertz CT molecular complexity index is 546. The Hall–Kier alpha value is -1.04. The molecule has 0 saturated carbocycles. The van der Waals surface area contributed by atoms with Gasteiger partial charge in [0.2, 0.25) is 0 Å². The van der Waals surface area contributed by atoms with Crippen molar-refractivity contribution in [1.29, 1.82) is 0 Å². The van der Waals surface area contributed by atoms with Gasteiger partial charge in [-0.3, -0.25) is 0 Å². The van der Waals surface area contributed by atoms with E-state index in [-0.39, 0.29) is 0 Å². The second-order valence-corrected chi connectivity index (χ2v) is 7.64. The molecule has 0 spiro atoms. The standard InChI is InChI=1S/C17H18Se/c1-12(2)14-8-4-3-7-13-11-17(14)18-16-10-6-5-9-15(13)16/h3,5-12,17H,4H2,1-2H3/b7-3-,14-8-. The molecule has 2 bridgehead atoms. The van der Waals surface area contributed by atoms with E-state index in [9.17, 15) is 0 Å². The van der Waals surface area contributed by atoms with Gasteiger partial charge in [0.05, 0.1) is 0 Å². The fourth-order valence-corrected chi connectivity index (χ4v) is 5.69. The first-order valence-electron chi connectivity index (χ1n) is 6.60. The summed E-state index contributed by atoms with van der Waals surface area (Å²) >= 11 is 0.543. The summed E-state index contributed by atoms with van der Waals surface area (Å²) in [7, 11) is 0. The molecule has 1 atom stereocenters. The van der Waals surface area contributed by atoms with Gasteiger partial charge in [-0.15, -0.1) is 0 Å². The van der Waals surface area contributed by atoms with E-state index in [1.54, 1.807) is 10.0 Å². The predicted octanol–water partition coefficient (Wildman–Crippen LogP) is 3.74. The first kappa shape index (κ1) is 12.0. The molecule has 1 aliphatic heterocycles. The topological polar surface area (TPSA) is 0 Å². The van der Waals surface area contributed by atoms with Crippen molar-refractivity contribution in [2.75, 3.05) is 0 Å². The van der Waals surface area contributed by atoms with Crippen LogP contribution >= 0.6 is 0 Å².